The molecule has 35 heavy (non-hydrogen) atoms. The number of tetrazole rings is 1. The molecule has 0 saturated heterocycles. The van der Waals surface area contributed by atoms with Crippen LogP contribution in [0.5, 0.6) is 0 Å². The maximum atomic E-state index is 13.6. The van der Waals surface area contributed by atoms with Gasteiger partial charge in [0.25, 0.3) is 5.56 Å². The molecule has 1 fully saturated rings. The second-order valence-electron chi connectivity index (χ2n) is 10.2. The van der Waals surface area contributed by atoms with Crippen molar-refractivity contribution in [3.8, 4) is 0 Å². The Hall–Kier alpha value is -3.32. The van der Waals surface area contributed by atoms with Gasteiger partial charge in [-0.3, -0.25) is 9.69 Å². The summed E-state index contributed by atoms with van der Waals surface area (Å²) in [5.41, 5.74) is 6.54. The van der Waals surface area contributed by atoms with Crippen LogP contribution in [0, 0.1) is 13.8 Å². The van der Waals surface area contributed by atoms with Gasteiger partial charge in [-0.2, -0.15) is 0 Å². The van der Waals surface area contributed by atoms with Crippen molar-refractivity contribution in [2.75, 3.05) is 6.54 Å². The predicted octanol–water partition coefficient (Wildman–Crippen LogP) is 4.78. The van der Waals surface area contributed by atoms with Crippen LogP contribution < -0.4 is 5.56 Å². The highest BCUT2D eigenvalue weighted by molar-refractivity contribution is 5.83. The zero-order chi connectivity index (χ0) is 23.9. The Morgan fingerprint density at radius 1 is 1.03 bits per heavy atom. The Kier molecular flexibility index (Phi) is 5.72. The van der Waals surface area contributed by atoms with Crippen molar-refractivity contribution < 1.29 is 0 Å². The average Bonchev–Trinajstić information content (AvgIpc) is 3.37. The molecule has 1 saturated carbocycles. The van der Waals surface area contributed by atoms with Crippen LogP contribution in [0.2, 0.25) is 0 Å². The number of nitrogens with zero attached hydrogens (tertiary/aromatic N) is 5. The Bertz CT molecular complexity index is 1430. The molecule has 1 aliphatic heterocycles. The summed E-state index contributed by atoms with van der Waals surface area (Å²) in [4.78, 5) is 19.2. The van der Waals surface area contributed by atoms with Crippen molar-refractivity contribution in [1.82, 2.24) is 30.1 Å². The number of nitrogens with one attached hydrogen (secondary N) is 1. The van der Waals surface area contributed by atoms with Crippen molar-refractivity contribution >= 4 is 10.9 Å². The molecular weight excluding hydrogens is 436 g/mol. The average molecular weight is 469 g/mol. The third kappa shape index (κ3) is 3.97. The van der Waals surface area contributed by atoms with E-state index in [1.807, 2.05) is 4.68 Å². The van der Waals surface area contributed by atoms with E-state index in [0.717, 1.165) is 54.6 Å². The van der Waals surface area contributed by atoms with E-state index in [-0.39, 0.29) is 17.6 Å². The number of hydrogen-bond donors (Lipinski definition) is 1. The number of pyridine rings is 1. The maximum absolute atomic E-state index is 13.6. The summed E-state index contributed by atoms with van der Waals surface area (Å²) < 4.78 is 2.02. The Morgan fingerprint density at radius 2 is 1.83 bits per heavy atom. The molecule has 0 radical (unpaired) electrons. The van der Waals surface area contributed by atoms with Gasteiger partial charge in [0.15, 0.2) is 5.82 Å². The molecule has 2 aromatic heterocycles. The molecule has 4 aromatic rings. The van der Waals surface area contributed by atoms with Crippen molar-refractivity contribution in [3.05, 3.63) is 86.5 Å². The monoisotopic (exact) mass is 468 g/mol. The molecule has 1 aliphatic carbocycles. The van der Waals surface area contributed by atoms with Crippen LogP contribution in [-0.2, 0) is 13.0 Å². The van der Waals surface area contributed by atoms with Gasteiger partial charge in [0, 0.05) is 18.7 Å². The molecule has 1 atom stereocenters. The standard InChI is InChI=1S/C28H32N6O/c1-18-12-13-21-16-24(28(35)29-25(21)19(18)2)26(33-15-14-20-8-6-7-9-22(20)17-33)27-30-31-32-34(27)23-10-4-3-5-11-23/h6-9,12-13,16,23,26H,3-5,10-11,14-15,17H2,1-2H3,(H,29,35). The van der Waals surface area contributed by atoms with Crippen molar-refractivity contribution in [3.63, 3.8) is 0 Å². The number of aromatic nitrogens is 5. The maximum Gasteiger partial charge on any atom is 0.253 e. The van der Waals surface area contributed by atoms with Gasteiger partial charge in [0.2, 0.25) is 0 Å². The highest BCUT2D eigenvalue weighted by Gasteiger charge is 2.34. The summed E-state index contributed by atoms with van der Waals surface area (Å²) in [6.07, 6.45) is 6.77. The predicted molar refractivity (Wildman–Crippen MR) is 136 cm³/mol. The van der Waals surface area contributed by atoms with Gasteiger partial charge < -0.3 is 4.98 Å². The topological polar surface area (TPSA) is 79.7 Å². The minimum Gasteiger partial charge on any atom is -0.321 e. The zero-order valence-corrected chi connectivity index (χ0v) is 20.5. The minimum absolute atomic E-state index is 0.0618. The largest absolute Gasteiger partial charge is 0.321 e. The van der Waals surface area contributed by atoms with Gasteiger partial charge >= 0.3 is 0 Å². The van der Waals surface area contributed by atoms with Crippen LogP contribution in [-0.4, -0.2) is 36.6 Å². The molecule has 2 aromatic carbocycles. The van der Waals surface area contributed by atoms with E-state index in [9.17, 15) is 4.79 Å². The van der Waals surface area contributed by atoms with E-state index in [0.29, 0.717) is 5.56 Å². The van der Waals surface area contributed by atoms with Crippen molar-refractivity contribution in [1.29, 1.82) is 0 Å². The van der Waals surface area contributed by atoms with Crippen LogP contribution in [0.25, 0.3) is 10.9 Å². The van der Waals surface area contributed by atoms with Crippen LogP contribution in [0.3, 0.4) is 0 Å². The van der Waals surface area contributed by atoms with E-state index in [4.69, 9.17) is 0 Å². The lowest BCUT2D eigenvalue weighted by atomic mass is 9.93. The van der Waals surface area contributed by atoms with Gasteiger partial charge in [-0.05, 0) is 77.2 Å². The van der Waals surface area contributed by atoms with Gasteiger partial charge in [-0.25, -0.2) is 4.68 Å². The molecule has 7 heteroatoms. The lowest BCUT2D eigenvalue weighted by Crippen LogP contribution is -2.39. The first-order chi connectivity index (χ1) is 17.1. The number of H-pyrrole nitrogens is 1. The minimum atomic E-state index is -0.310. The second kappa shape index (κ2) is 9.04. The summed E-state index contributed by atoms with van der Waals surface area (Å²) >= 11 is 0. The van der Waals surface area contributed by atoms with Crippen LogP contribution in [0.1, 0.15) is 77.8 Å². The van der Waals surface area contributed by atoms with E-state index in [1.165, 1.54) is 36.0 Å². The Labute approximate surface area is 205 Å². The highest BCUT2D eigenvalue weighted by Crippen LogP contribution is 2.35. The first-order valence-electron chi connectivity index (χ1n) is 12.8. The van der Waals surface area contributed by atoms with Gasteiger partial charge in [0.05, 0.1) is 11.6 Å². The zero-order valence-electron chi connectivity index (χ0n) is 20.5. The van der Waals surface area contributed by atoms with Gasteiger partial charge in [0.1, 0.15) is 6.04 Å². The van der Waals surface area contributed by atoms with Crippen LogP contribution >= 0.6 is 0 Å². The summed E-state index contributed by atoms with van der Waals surface area (Å²) in [5, 5.41) is 14.2. The molecule has 1 N–H and O–H groups in total. The fraction of sp³-hybridized carbons (Fsp3) is 0.429. The number of fused-ring (bicyclic) bond motifs is 2. The molecule has 1 unspecified atom stereocenters. The fourth-order valence-corrected chi connectivity index (χ4v) is 5.95. The van der Waals surface area contributed by atoms with E-state index in [1.54, 1.807) is 0 Å². The summed E-state index contributed by atoms with van der Waals surface area (Å²) in [7, 11) is 0. The van der Waals surface area contributed by atoms with Crippen molar-refractivity contribution in [2.24, 2.45) is 0 Å². The lowest BCUT2D eigenvalue weighted by molar-refractivity contribution is 0.187. The Balaban J connectivity index is 1.50. The first kappa shape index (κ1) is 22.2. The van der Waals surface area contributed by atoms with Gasteiger partial charge in [-0.1, -0.05) is 55.7 Å². The molecule has 3 heterocycles. The highest BCUT2D eigenvalue weighted by atomic mass is 16.1. The number of benzene rings is 2. The first-order valence-corrected chi connectivity index (χ1v) is 12.8. The van der Waals surface area contributed by atoms with Crippen molar-refractivity contribution in [2.45, 2.75) is 71.0 Å². The van der Waals surface area contributed by atoms with E-state index in [2.05, 4.69) is 81.7 Å². The summed E-state index contributed by atoms with van der Waals surface area (Å²) in [6, 6.07) is 14.9. The van der Waals surface area contributed by atoms with Gasteiger partial charge in [-0.15, -0.1) is 5.10 Å². The molecule has 0 amide bonds. The molecule has 0 spiro atoms. The number of aromatic amines is 1. The number of hydrogen-bond acceptors (Lipinski definition) is 5. The van der Waals surface area contributed by atoms with Crippen LogP contribution in [0.15, 0.2) is 47.3 Å². The second-order valence-corrected chi connectivity index (χ2v) is 10.2. The third-order valence-corrected chi connectivity index (χ3v) is 8.08. The third-order valence-electron chi connectivity index (χ3n) is 8.08. The molecule has 0 bridgehead atoms. The number of rotatable bonds is 4. The normalized spacial score (nSPS) is 18.0. The molecule has 6 rings (SSSR count). The quantitative estimate of drug-likeness (QED) is 0.466. The molecule has 180 valence electrons. The summed E-state index contributed by atoms with van der Waals surface area (Å²) in [6.45, 7) is 5.76. The SMILES string of the molecule is Cc1ccc2cc(C(c3nnnn3C3CCCCC3)N3CCc4ccccc4C3)c(=O)[nH]c2c1C. The number of aryl methyl sites for hydroxylation is 2. The lowest BCUT2D eigenvalue weighted by Gasteiger charge is -2.35. The molecule has 7 nitrogen and oxygen atoms in total. The smallest absolute Gasteiger partial charge is 0.253 e. The molecule has 2 aliphatic rings. The van der Waals surface area contributed by atoms with E-state index < -0.39 is 0 Å². The Morgan fingerprint density at radius 3 is 2.66 bits per heavy atom. The van der Waals surface area contributed by atoms with Crippen LogP contribution in [0.4, 0.5) is 0 Å². The molecular formula is C28H32N6O. The van der Waals surface area contributed by atoms with E-state index >= 15 is 0 Å². The summed E-state index contributed by atoms with van der Waals surface area (Å²) in [5.74, 6) is 0.782. The fourth-order valence-electron chi connectivity index (χ4n) is 5.95.